The van der Waals surface area contributed by atoms with Gasteiger partial charge in [0, 0.05) is 19.1 Å². The van der Waals surface area contributed by atoms with E-state index >= 15 is 0 Å². The summed E-state index contributed by atoms with van der Waals surface area (Å²) in [6.07, 6.45) is 1.83. The third-order valence-corrected chi connectivity index (χ3v) is 2.33. The van der Waals surface area contributed by atoms with E-state index in [0.29, 0.717) is 6.10 Å². The Balaban J connectivity index is 1.92. The molecule has 0 aromatic carbocycles. The van der Waals surface area contributed by atoms with E-state index in [9.17, 15) is 0 Å². The average molecular weight is 127 g/mol. The fourth-order valence-electron chi connectivity index (χ4n) is 1.58. The standard InChI is InChI=1S/C7H13NO/c1-6-4-8-3-2-7(8)5-9-6/h6-7H,2-5H2,1H3. The minimum atomic E-state index is 0.474. The number of fused-ring (bicyclic) bond motifs is 1. The summed E-state index contributed by atoms with van der Waals surface area (Å²) < 4.78 is 5.47. The first-order chi connectivity index (χ1) is 4.36. The molecule has 2 unspecified atom stereocenters. The summed E-state index contributed by atoms with van der Waals surface area (Å²) in [6, 6.07) is 0.779. The number of nitrogens with zero attached hydrogens (tertiary/aromatic N) is 1. The van der Waals surface area contributed by atoms with Gasteiger partial charge in [-0.05, 0) is 13.3 Å². The highest BCUT2D eigenvalue weighted by Crippen LogP contribution is 2.22. The van der Waals surface area contributed by atoms with E-state index < -0.39 is 0 Å². The molecule has 2 rings (SSSR count). The van der Waals surface area contributed by atoms with Crippen molar-refractivity contribution in [3.8, 4) is 0 Å². The predicted octanol–water partition coefficient (Wildman–Crippen LogP) is 0.479. The van der Waals surface area contributed by atoms with Crippen LogP contribution in [-0.2, 0) is 4.74 Å². The molecule has 9 heavy (non-hydrogen) atoms. The van der Waals surface area contributed by atoms with E-state index in [-0.39, 0.29) is 0 Å². The Kier molecular flexibility index (Phi) is 1.24. The molecular formula is C7H13NO. The second-order valence-corrected chi connectivity index (χ2v) is 3.08. The summed E-state index contributed by atoms with van der Waals surface area (Å²) in [5.41, 5.74) is 0. The Morgan fingerprint density at radius 1 is 1.56 bits per heavy atom. The van der Waals surface area contributed by atoms with Crippen molar-refractivity contribution >= 4 is 0 Å². The van der Waals surface area contributed by atoms with Crippen molar-refractivity contribution in [1.82, 2.24) is 4.90 Å². The molecule has 2 nitrogen and oxygen atoms in total. The highest BCUT2D eigenvalue weighted by atomic mass is 16.5. The number of hydrogen-bond acceptors (Lipinski definition) is 2. The maximum absolute atomic E-state index is 5.47. The molecule has 2 atom stereocenters. The molecule has 0 N–H and O–H groups in total. The average Bonchev–Trinajstić information content (AvgIpc) is 1.78. The van der Waals surface area contributed by atoms with Crippen molar-refractivity contribution in [3.05, 3.63) is 0 Å². The van der Waals surface area contributed by atoms with Crippen LogP contribution < -0.4 is 0 Å². The summed E-state index contributed by atoms with van der Waals surface area (Å²) in [4.78, 5) is 2.51. The zero-order valence-electron chi connectivity index (χ0n) is 5.84. The Hall–Kier alpha value is -0.0800. The zero-order chi connectivity index (χ0) is 6.27. The van der Waals surface area contributed by atoms with E-state index in [2.05, 4.69) is 11.8 Å². The van der Waals surface area contributed by atoms with Gasteiger partial charge < -0.3 is 4.74 Å². The lowest BCUT2D eigenvalue weighted by atomic mass is 10.0. The smallest absolute Gasteiger partial charge is 0.0674 e. The first-order valence-corrected chi connectivity index (χ1v) is 3.72. The summed E-state index contributed by atoms with van der Waals surface area (Å²) in [5.74, 6) is 0. The van der Waals surface area contributed by atoms with Gasteiger partial charge in [0.05, 0.1) is 12.7 Å². The maximum atomic E-state index is 5.47. The quantitative estimate of drug-likeness (QED) is 0.469. The van der Waals surface area contributed by atoms with Gasteiger partial charge in [0.15, 0.2) is 0 Å². The lowest BCUT2D eigenvalue weighted by molar-refractivity contribution is -0.0954. The van der Waals surface area contributed by atoms with E-state index in [1.54, 1.807) is 0 Å². The number of ether oxygens (including phenoxy) is 1. The van der Waals surface area contributed by atoms with Gasteiger partial charge in [0.2, 0.25) is 0 Å². The second-order valence-electron chi connectivity index (χ2n) is 3.08. The fourth-order valence-corrected chi connectivity index (χ4v) is 1.58. The van der Waals surface area contributed by atoms with Gasteiger partial charge in [-0.1, -0.05) is 0 Å². The van der Waals surface area contributed by atoms with Crippen LogP contribution in [0.15, 0.2) is 0 Å². The number of rotatable bonds is 0. The Labute approximate surface area is 55.8 Å². The summed E-state index contributed by atoms with van der Waals surface area (Å²) >= 11 is 0. The first kappa shape index (κ1) is 5.69. The minimum Gasteiger partial charge on any atom is -0.376 e. The van der Waals surface area contributed by atoms with Crippen molar-refractivity contribution in [1.29, 1.82) is 0 Å². The summed E-state index contributed by atoms with van der Waals surface area (Å²) in [7, 11) is 0. The van der Waals surface area contributed by atoms with Gasteiger partial charge in [-0.3, -0.25) is 4.90 Å². The van der Waals surface area contributed by atoms with Gasteiger partial charge in [-0.25, -0.2) is 0 Å². The molecule has 0 spiro atoms. The zero-order valence-corrected chi connectivity index (χ0v) is 5.84. The molecule has 2 heteroatoms. The van der Waals surface area contributed by atoms with Gasteiger partial charge in [0.25, 0.3) is 0 Å². The SMILES string of the molecule is CC1CN2CCC2CO1. The van der Waals surface area contributed by atoms with E-state index in [1.807, 2.05) is 0 Å². The molecule has 2 heterocycles. The molecule has 2 aliphatic rings. The molecule has 0 aromatic heterocycles. The molecule has 2 saturated heterocycles. The van der Waals surface area contributed by atoms with E-state index in [0.717, 1.165) is 19.2 Å². The molecular weight excluding hydrogens is 114 g/mol. The number of hydrogen-bond donors (Lipinski definition) is 0. The predicted molar refractivity (Wildman–Crippen MR) is 35.4 cm³/mol. The van der Waals surface area contributed by atoms with Crippen LogP contribution in [0.1, 0.15) is 13.3 Å². The van der Waals surface area contributed by atoms with Gasteiger partial charge >= 0.3 is 0 Å². The van der Waals surface area contributed by atoms with Crippen LogP contribution in [0.5, 0.6) is 0 Å². The highest BCUT2D eigenvalue weighted by molar-refractivity contribution is 4.86. The molecule has 0 aromatic rings. The Morgan fingerprint density at radius 2 is 2.44 bits per heavy atom. The summed E-state index contributed by atoms with van der Waals surface area (Å²) in [6.45, 7) is 5.58. The molecule has 2 fully saturated rings. The molecule has 2 aliphatic heterocycles. The molecule has 0 aliphatic carbocycles. The third-order valence-electron chi connectivity index (χ3n) is 2.33. The van der Waals surface area contributed by atoms with Crippen LogP contribution in [0.25, 0.3) is 0 Å². The van der Waals surface area contributed by atoms with E-state index in [1.165, 1.54) is 13.0 Å². The van der Waals surface area contributed by atoms with Crippen molar-refractivity contribution < 1.29 is 4.74 Å². The first-order valence-electron chi connectivity index (χ1n) is 3.72. The van der Waals surface area contributed by atoms with Crippen LogP contribution >= 0.6 is 0 Å². The van der Waals surface area contributed by atoms with Gasteiger partial charge in [-0.2, -0.15) is 0 Å². The van der Waals surface area contributed by atoms with Crippen LogP contribution in [0, 0.1) is 0 Å². The van der Waals surface area contributed by atoms with Crippen LogP contribution in [-0.4, -0.2) is 36.7 Å². The maximum Gasteiger partial charge on any atom is 0.0674 e. The summed E-state index contributed by atoms with van der Waals surface area (Å²) in [5, 5.41) is 0. The van der Waals surface area contributed by atoms with Crippen LogP contribution in [0.4, 0.5) is 0 Å². The molecule has 0 saturated carbocycles. The van der Waals surface area contributed by atoms with Crippen LogP contribution in [0.2, 0.25) is 0 Å². The van der Waals surface area contributed by atoms with Gasteiger partial charge in [0.1, 0.15) is 0 Å². The highest BCUT2D eigenvalue weighted by Gasteiger charge is 2.33. The van der Waals surface area contributed by atoms with Crippen LogP contribution in [0.3, 0.4) is 0 Å². The fraction of sp³-hybridized carbons (Fsp3) is 1.00. The Bertz CT molecular complexity index is 115. The molecule has 52 valence electrons. The Morgan fingerprint density at radius 3 is 2.89 bits per heavy atom. The third kappa shape index (κ3) is 0.864. The van der Waals surface area contributed by atoms with Crippen molar-refractivity contribution in [3.63, 3.8) is 0 Å². The van der Waals surface area contributed by atoms with Crippen molar-refractivity contribution in [2.45, 2.75) is 25.5 Å². The van der Waals surface area contributed by atoms with E-state index in [4.69, 9.17) is 4.74 Å². The molecule has 0 bridgehead atoms. The van der Waals surface area contributed by atoms with Crippen molar-refractivity contribution in [2.24, 2.45) is 0 Å². The van der Waals surface area contributed by atoms with Crippen molar-refractivity contribution in [2.75, 3.05) is 19.7 Å². The largest absolute Gasteiger partial charge is 0.376 e. The normalized spacial score (nSPS) is 43.7. The van der Waals surface area contributed by atoms with Gasteiger partial charge in [-0.15, -0.1) is 0 Å². The topological polar surface area (TPSA) is 12.5 Å². The molecule has 0 amide bonds. The minimum absolute atomic E-state index is 0.474. The number of morpholine rings is 1. The lowest BCUT2D eigenvalue weighted by Crippen LogP contribution is -2.57. The molecule has 0 radical (unpaired) electrons. The second kappa shape index (κ2) is 1.96. The lowest BCUT2D eigenvalue weighted by Gasteiger charge is -2.46. The monoisotopic (exact) mass is 127 g/mol.